The fourth-order valence-corrected chi connectivity index (χ4v) is 4.22. The number of nitrogens with zero attached hydrogens (tertiary/aromatic N) is 3. The van der Waals surface area contributed by atoms with Gasteiger partial charge in [-0.3, -0.25) is 19.0 Å². The lowest BCUT2D eigenvalue weighted by Crippen LogP contribution is -2.17. The Morgan fingerprint density at radius 3 is 2.66 bits per heavy atom. The molecule has 4 heterocycles. The summed E-state index contributed by atoms with van der Waals surface area (Å²) >= 11 is 0. The molecule has 0 amide bonds. The molecule has 6 nitrogen and oxygen atoms in total. The summed E-state index contributed by atoms with van der Waals surface area (Å²) in [5.74, 6) is 6.37. The van der Waals surface area contributed by atoms with Crippen LogP contribution in [0.15, 0.2) is 59.7 Å². The Morgan fingerprint density at radius 2 is 1.94 bits per heavy atom. The highest BCUT2D eigenvalue weighted by atomic mass is 19.4. The lowest BCUT2D eigenvalue weighted by molar-refractivity contribution is -0.137. The fourth-order valence-electron chi connectivity index (χ4n) is 4.22. The molecule has 0 radical (unpaired) electrons. The van der Waals surface area contributed by atoms with Crippen LogP contribution in [0.2, 0.25) is 0 Å². The van der Waals surface area contributed by atoms with Crippen LogP contribution in [-0.2, 0) is 19.1 Å². The molecule has 0 saturated heterocycles. The Balaban J connectivity index is 1.52. The third kappa shape index (κ3) is 3.44. The normalized spacial score (nSPS) is 14.3. The number of pyridine rings is 2. The molecule has 1 aliphatic heterocycles. The van der Waals surface area contributed by atoms with Crippen molar-refractivity contribution in [2.24, 2.45) is 0 Å². The largest absolute Gasteiger partial charge is 0.417 e. The first kappa shape index (κ1) is 20.3. The fraction of sp³-hybridized carbons (Fsp3) is 0.217. The van der Waals surface area contributed by atoms with Gasteiger partial charge in [-0.2, -0.15) is 13.2 Å². The first-order valence-corrected chi connectivity index (χ1v) is 10.2. The molecule has 32 heavy (non-hydrogen) atoms. The molecule has 4 aromatic rings. The predicted octanol–water partition coefficient (Wildman–Crippen LogP) is 3.62. The summed E-state index contributed by atoms with van der Waals surface area (Å²) in [5.41, 5.74) is 3.37. The maximum Gasteiger partial charge on any atom is 0.417 e. The number of fused-ring (bicyclic) bond motifs is 3. The average Bonchev–Trinajstić information content (AvgIpc) is 2.93. The Labute approximate surface area is 181 Å². The van der Waals surface area contributed by atoms with Crippen molar-refractivity contribution >= 4 is 10.9 Å². The zero-order valence-electron chi connectivity index (χ0n) is 17.0. The number of hydrogen-bond donors (Lipinski definition) is 2. The summed E-state index contributed by atoms with van der Waals surface area (Å²) in [4.78, 5) is 16.7. The van der Waals surface area contributed by atoms with E-state index in [9.17, 15) is 18.0 Å². The molecule has 3 N–H and O–H groups in total. The zero-order chi connectivity index (χ0) is 22.5. The van der Waals surface area contributed by atoms with Gasteiger partial charge in [0.05, 0.1) is 22.5 Å². The molecule has 164 valence electrons. The first-order valence-electron chi connectivity index (χ1n) is 10.2. The van der Waals surface area contributed by atoms with Gasteiger partial charge < -0.3 is 11.2 Å². The van der Waals surface area contributed by atoms with E-state index in [0.717, 1.165) is 54.8 Å². The molecule has 0 spiro atoms. The van der Waals surface area contributed by atoms with E-state index in [-0.39, 0.29) is 5.56 Å². The molecule has 9 heteroatoms. The monoisotopic (exact) mass is 439 g/mol. The molecule has 0 atom stereocenters. The molecule has 0 fully saturated rings. The summed E-state index contributed by atoms with van der Waals surface area (Å²) < 4.78 is 41.4. The smallest absolute Gasteiger partial charge is 0.339 e. The van der Waals surface area contributed by atoms with Crippen molar-refractivity contribution in [2.45, 2.75) is 25.6 Å². The lowest BCUT2D eigenvalue weighted by atomic mass is 10.1. The van der Waals surface area contributed by atoms with Crippen LogP contribution >= 0.6 is 0 Å². The third-order valence-electron chi connectivity index (χ3n) is 5.86. The molecule has 3 aromatic heterocycles. The minimum absolute atomic E-state index is 0.296. The summed E-state index contributed by atoms with van der Waals surface area (Å²) in [6.45, 7) is 1.70. The number of nitrogen functional groups attached to an aromatic ring is 1. The van der Waals surface area contributed by atoms with Gasteiger partial charge in [-0.05, 0) is 55.3 Å². The number of nitrogens with one attached hydrogen (secondary N) is 1. The van der Waals surface area contributed by atoms with Gasteiger partial charge in [0.1, 0.15) is 0 Å². The molecule has 5 rings (SSSR count). The maximum absolute atomic E-state index is 12.8. The summed E-state index contributed by atoms with van der Waals surface area (Å²) in [6.07, 6.45) is -0.204. The minimum Gasteiger partial charge on any atom is -0.339 e. The Hall–Kier alpha value is -3.59. The summed E-state index contributed by atoms with van der Waals surface area (Å²) in [5, 5.41) is 4.46. The molecule has 0 unspecified atom stereocenters. The van der Waals surface area contributed by atoms with Crippen molar-refractivity contribution in [3.05, 3.63) is 82.0 Å². The van der Waals surface area contributed by atoms with Crippen molar-refractivity contribution in [1.82, 2.24) is 19.5 Å². The van der Waals surface area contributed by atoms with Crippen LogP contribution in [0.25, 0.3) is 27.8 Å². The maximum atomic E-state index is 12.8. The van der Waals surface area contributed by atoms with Gasteiger partial charge >= 0.3 is 6.18 Å². The second kappa shape index (κ2) is 7.52. The van der Waals surface area contributed by atoms with Gasteiger partial charge in [-0.15, -0.1) is 0 Å². The number of aromatic nitrogens is 3. The molecule has 0 aliphatic carbocycles. The van der Waals surface area contributed by atoms with Crippen LogP contribution in [0.4, 0.5) is 13.2 Å². The summed E-state index contributed by atoms with van der Waals surface area (Å²) in [7, 11) is 0. The van der Waals surface area contributed by atoms with Crippen LogP contribution in [-0.4, -0.2) is 20.8 Å². The van der Waals surface area contributed by atoms with Gasteiger partial charge in [0.15, 0.2) is 0 Å². The van der Waals surface area contributed by atoms with Crippen LogP contribution in [0, 0.1) is 0 Å². The van der Waals surface area contributed by atoms with Crippen LogP contribution in [0.5, 0.6) is 0 Å². The van der Waals surface area contributed by atoms with E-state index in [1.807, 2.05) is 18.2 Å². The zero-order valence-corrected chi connectivity index (χ0v) is 17.0. The van der Waals surface area contributed by atoms with Crippen molar-refractivity contribution in [3.63, 3.8) is 0 Å². The van der Waals surface area contributed by atoms with Gasteiger partial charge in [0.25, 0.3) is 5.56 Å². The van der Waals surface area contributed by atoms with E-state index in [1.54, 1.807) is 16.9 Å². The number of rotatable bonds is 2. The van der Waals surface area contributed by atoms with Crippen molar-refractivity contribution in [1.29, 1.82) is 0 Å². The van der Waals surface area contributed by atoms with E-state index in [2.05, 4.69) is 10.3 Å². The van der Waals surface area contributed by atoms with E-state index < -0.39 is 11.7 Å². The number of alkyl halides is 3. The van der Waals surface area contributed by atoms with Gasteiger partial charge in [-0.1, -0.05) is 6.07 Å². The van der Waals surface area contributed by atoms with E-state index in [0.29, 0.717) is 16.9 Å². The van der Waals surface area contributed by atoms with Gasteiger partial charge in [0.2, 0.25) is 0 Å². The molecule has 0 saturated carbocycles. The highest BCUT2D eigenvalue weighted by Gasteiger charge is 2.30. The second-order valence-electron chi connectivity index (χ2n) is 7.83. The van der Waals surface area contributed by atoms with Crippen LogP contribution < -0.4 is 16.7 Å². The van der Waals surface area contributed by atoms with E-state index >= 15 is 0 Å². The first-order chi connectivity index (χ1) is 15.3. The van der Waals surface area contributed by atoms with E-state index in [1.165, 1.54) is 22.3 Å². The third-order valence-corrected chi connectivity index (χ3v) is 5.86. The minimum atomic E-state index is -4.46. The van der Waals surface area contributed by atoms with Gasteiger partial charge in [-0.25, -0.2) is 0 Å². The molecular weight excluding hydrogens is 419 g/mol. The molecular formula is C23H20F3N5O. The van der Waals surface area contributed by atoms with Crippen molar-refractivity contribution in [3.8, 4) is 16.9 Å². The van der Waals surface area contributed by atoms with E-state index in [4.69, 9.17) is 5.84 Å². The number of nitrogens with two attached hydrogens (primary N) is 1. The Bertz CT molecular complexity index is 1370. The van der Waals surface area contributed by atoms with Crippen molar-refractivity contribution in [2.75, 3.05) is 12.4 Å². The second-order valence-corrected chi connectivity index (χ2v) is 7.83. The van der Waals surface area contributed by atoms with Crippen LogP contribution in [0.1, 0.15) is 23.2 Å². The topological polar surface area (TPSA) is 77.9 Å². The van der Waals surface area contributed by atoms with Crippen LogP contribution in [0.3, 0.4) is 0 Å². The average molecular weight is 439 g/mol. The van der Waals surface area contributed by atoms with Gasteiger partial charge in [0, 0.05) is 41.6 Å². The number of hydrogen-bond acceptors (Lipinski definition) is 4. The van der Waals surface area contributed by atoms with Crippen molar-refractivity contribution < 1.29 is 13.2 Å². The quantitative estimate of drug-likeness (QED) is 0.468. The number of halogens is 3. The molecule has 1 aliphatic rings. The highest BCUT2D eigenvalue weighted by molar-refractivity contribution is 5.87. The standard InChI is InChI=1S/C23H20F3N5O/c24-23(25,26)15-3-6-19(29-12-15)14-7-9-30(22(32)10-14)16-4-5-17-18-13-28-8-1-2-20(18)31(27)21(17)11-16/h3-7,9-12,28H,1-2,8,13,27H2. The molecule has 0 bridgehead atoms. The predicted molar refractivity (Wildman–Crippen MR) is 116 cm³/mol. The summed E-state index contributed by atoms with van der Waals surface area (Å²) in [6, 6.07) is 10.9. The highest BCUT2D eigenvalue weighted by Crippen LogP contribution is 2.30. The SMILES string of the molecule is Nn1c2c(c3ccc(-n4ccc(-c5ccc(C(F)(F)F)cn5)cc4=O)cc31)CNCCC2. The number of benzene rings is 1. The Kier molecular flexibility index (Phi) is 4.78. The molecule has 1 aromatic carbocycles. The Morgan fingerprint density at radius 1 is 1.09 bits per heavy atom. The lowest BCUT2D eigenvalue weighted by Gasteiger charge is -2.10.